The minimum atomic E-state index is -0.552. The standard InChI is InChI=1S/C22H16BrClN4O5/c23-16-7-10-20(33-13-21(29)26-19-4-2-1-3-18(19)24)15(11-16)12-25-27-22(30)14-5-8-17(9-6-14)28(31)32/h1-12H,13H2,(H,26,29)(H,27,30)/b25-12+. The number of nitrogens with one attached hydrogen (secondary N) is 2. The largest absolute Gasteiger partial charge is 0.483 e. The maximum atomic E-state index is 12.2. The summed E-state index contributed by atoms with van der Waals surface area (Å²) in [5, 5.41) is 17.7. The average Bonchev–Trinajstić information content (AvgIpc) is 2.80. The molecule has 3 aromatic carbocycles. The average molecular weight is 532 g/mol. The lowest BCUT2D eigenvalue weighted by atomic mass is 10.2. The van der Waals surface area contributed by atoms with Gasteiger partial charge in [0.05, 0.1) is 21.8 Å². The molecule has 3 rings (SSSR count). The number of ether oxygens (including phenoxy) is 1. The van der Waals surface area contributed by atoms with Gasteiger partial charge in [0, 0.05) is 27.7 Å². The zero-order valence-electron chi connectivity index (χ0n) is 16.8. The highest BCUT2D eigenvalue weighted by Crippen LogP contribution is 2.23. The number of anilines is 1. The van der Waals surface area contributed by atoms with Crippen molar-refractivity contribution in [2.45, 2.75) is 0 Å². The molecule has 2 amide bonds. The maximum absolute atomic E-state index is 12.2. The number of rotatable bonds is 8. The van der Waals surface area contributed by atoms with Crippen molar-refractivity contribution >= 4 is 56.9 Å². The van der Waals surface area contributed by atoms with Crippen LogP contribution in [0.2, 0.25) is 5.02 Å². The van der Waals surface area contributed by atoms with Crippen LogP contribution in [0.15, 0.2) is 76.3 Å². The van der Waals surface area contributed by atoms with E-state index in [0.29, 0.717) is 22.0 Å². The molecule has 3 aromatic rings. The number of carbonyl (C=O) groups excluding carboxylic acids is 2. The van der Waals surface area contributed by atoms with Gasteiger partial charge in [-0.05, 0) is 42.5 Å². The molecule has 0 saturated heterocycles. The van der Waals surface area contributed by atoms with Gasteiger partial charge in [-0.1, -0.05) is 39.7 Å². The van der Waals surface area contributed by atoms with Crippen LogP contribution < -0.4 is 15.5 Å². The number of nitrogens with zero attached hydrogens (tertiary/aromatic N) is 2. The Balaban J connectivity index is 1.62. The molecule has 0 fully saturated rings. The number of hydrogen-bond acceptors (Lipinski definition) is 6. The molecule has 168 valence electrons. The molecule has 0 radical (unpaired) electrons. The van der Waals surface area contributed by atoms with Crippen LogP contribution in [0.4, 0.5) is 11.4 Å². The number of carbonyl (C=O) groups is 2. The van der Waals surface area contributed by atoms with Gasteiger partial charge in [0.1, 0.15) is 5.75 Å². The number of benzene rings is 3. The lowest BCUT2D eigenvalue weighted by Gasteiger charge is -2.11. The number of hydrazone groups is 1. The normalized spacial score (nSPS) is 10.6. The molecule has 9 nitrogen and oxygen atoms in total. The number of nitro benzene ring substituents is 1. The first-order valence-electron chi connectivity index (χ1n) is 9.38. The van der Waals surface area contributed by atoms with Crippen molar-refractivity contribution in [1.29, 1.82) is 0 Å². The van der Waals surface area contributed by atoms with Gasteiger partial charge in [-0.2, -0.15) is 5.10 Å². The Labute approximate surface area is 201 Å². The van der Waals surface area contributed by atoms with Crippen LogP contribution in [0.3, 0.4) is 0 Å². The van der Waals surface area contributed by atoms with Crippen LogP contribution in [-0.2, 0) is 4.79 Å². The monoisotopic (exact) mass is 530 g/mol. The van der Waals surface area contributed by atoms with Crippen molar-refractivity contribution < 1.29 is 19.2 Å². The number of halogens is 2. The van der Waals surface area contributed by atoms with Crippen LogP contribution in [0.25, 0.3) is 0 Å². The van der Waals surface area contributed by atoms with Crippen molar-refractivity contribution in [3.63, 3.8) is 0 Å². The number of para-hydroxylation sites is 1. The van der Waals surface area contributed by atoms with Crippen molar-refractivity contribution in [2.75, 3.05) is 11.9 Å². The summed E-state index contributed by atoms with van der Waals surface area (Å²) in [5.74, 6) is -0.584. The Kier molecular flexibility index (Phi) is 8.11. The minimum absolute atomic E-state index is 0.121. The quantitative estimate of drug-likeness (QED) is 0.246. The summed E-state index contributed by atoms with van der Waals surface area (Å²) >= 11 is 9.39. The minimum Gasteiger partial charge on any atom is -0.483 e. The maximum Gasteiger partial charge on any atom is 0.271 e. The summed E-state index contributed by atoms with van der Waals surface area (Å²) in [6.45, 7) is -0.275. The predicted octanol–water partition coefficient (Wildman–Crippen LogP) is 4.79. The zero-order valence-corrected chi connectivity index (χ0v) is 19.2. The first-order chi connectivity index (χ1) is 15.8. The van der Waals surface area contributed by atoms with Crippen LogP contribution in [-0.4, -0.2) is 29.6 Å². The van der Waals surface area contributed by atoms with Gasteiger partial charge in [0.25, 0.3) is 17.5 Å². The summed E-state index contributed by atoms with van der Waals surface area (Å²) in [5.41, 5.74) is 3.40. The number of hydrogen-bond donors (Lipinski definition) is 2. The van der Waals surface area contributed by atoms with Gasteiger partial charge in [-0.25, -0.2) is 5.43 Å². The lowest BCUT2D eigenvalue weighted by Crippen LogP contribution is -2.21. The van der Waals surface area contributed by atoms with E-state index in [9.17, 15) is 19.7 Å². The molecule has 2 N–H and O–H groups in total. The Morgan fingerprint density at radius 2 is 1.85 bits per heavy atom. The molecule has 0 aliphatic carbocycles. The molecule has 0 heterocycles. The van der Waals surface area contributed by atoms with Crippen molar-refractivity contribution in [3.8, 4) is 5.75 Å². The third-order valence-electron chi connectivity index (χ3n) is 4.19. The second-order valence-electron chi connectivity index (χ2n) is 6.50. The summed E-state index contributed by atoms with van der Waals surface area (Å²) < 4.78 is 6.33. The zero-order chi connectivity index (χ0) is 23.8. The summed E-state index contributed by atoms with van der Waals surface area (Å²) in [7, 11) is 0. The van der Waals surface area contributed by atoms with Crippen molar-refractivity contribution in [3.05, 3.63) is 97.5 Å². The van der Waals surface area contributed by atoms with Gasteiger partial charge in [-0.3, -0.25) is 19.7 Å². The molecule has 33 heavy (non-hydrogen) atoms. The van der Waals surface area contributed by atoms with E-state index in [0.717, 1.165) is 4.47 Å². The highest BCUT2D eigenvalue weighted by molar-refractivity contribution is 9.10. The summed E-state index contributed by atoms with van der Waals surface area (Å²) in [6, 6.07) is 17.0. The van der Waals surface area contributed by atoms with E-state index in [4.69, 9.17) is 16.3 Å². The molecule has 0 unspecified atom stereocenters. The Bertz CT molecular complexity index is 1220. The molecule has 0 aromatic heterocycles. The van der Waals surface area contributed by atoms with Gasteiger partial charge in [0.2, 0.25) is 0 Å². The molecule has 0 saturated carbocycles. The van der Waals surface area contributed by atoms with Gasteiger partial charge < -0.3 is 10.1 Å². The molecule has 0 atom stereocenters. The third-order valence-corrected chi connectivity index (χ3v) is 5.01. The predicted molar refractivity (Wildman–Crippen MR) is 128 cm³/mol. The number of nitro groups is 1. The Morgan fingerprint density at radius 3 is 2.55 bits per heavy atom. The van der Waals surface area contributed by atoms with E-state index in [2.05, 4.69) is 31.8 Å². The SMILES string of the molecule is O=C(COc1ccc(Br)cc1/C=N/NC(=O)c1ccc([N+](=O)[O-])cc1)Nc1ccccc1Cl. The van der Waals surface area contributed by atoms with Gasteiger partial charge in [-0.15, -0.1) is 0 Å². The highest BCUT2D eigenvalue weighted by atomic mass is 79.9. The highest BCUT2D eigenvalue weighted by Gasteiger charge is 2.10. The fraction of sp³-hybridized carbons (Fsp3) is 0.0455. The number of amides is 2. The van der Waals surface area contributed by atoms with E-state index in [1.807, 2.05) is 0 Å². The third kappa shape index (κ3) is 6.86. The fourth-order valence-electron chi connectivity index (χ4n) is 2.60. The fourth-order valence-corrected chi connectivity index (χ4v) is 3.17. The van der Waals surface area contributed by atoms with E-state index >= 15 is 0 Å². The van der Waals surface area contributed by atoms with Crippen molar-refractivity contribution in [1.82, 2.24) is 5.43 Å². The van der Waals surface area contributed by atoms with E-state index in [-0.39, 0.29) is 17.9 Å². The van der Waals surface area contributed by atoms with Gasteiger partial charge in [0.15, 0.2) is 6.61 Å². The molecule has 0 aliphatic heterocycles. The van der Waals surface area contributed by atoms with E-state index < -0.39 is 16.7 Å². The molecular formula is C22H16BrClN4O5. The molecule has 11 heteroatoms. The molecule has 0 bridgehead atoms. The smallest absolute Gasteiger partial charge is 0.271 e. The van der Waals surface area contributed by atoms with Gasteiger partial charge >= 0.3 is 0 Å². The van der Waals surface area contributed by atoms with Crippen LogP contribution in [0.5, 0.6) is 5.75 Å². The van der Waals surface area contributed by atoms with Crippen LogP contribution >= 0.6 is 27.5 Å². The molecule has 0 aliphatic rings. The van der Waals surface area contributed by atoms with Crippen molar-refractivity contribution in [2.24, 2.45) is 5.10 Å². The Hall–Kier alpha value is -3.76. The van der Waals surface area contributed by atoms with E-state index in [1.54, 1.807) is 42.5 Å². The first-order valence-corrected chi connectivity index (χ1v) is 10.5. The lowest BCUT2D eigenvalue weighted by molar-refractivity contribution is -0.384. The van der Waals surface area contributed by atoms with Crippen LogP contribution in [0, 0.1) is 10.1 Å². The topological polar surface area (TPSA) is 123 Å². The second kappa shape index (κ2) is 11.2. The Morgan fingerprint density at radius 1 is 1.12 bits per heavy atom. The first kappa shape index (κ1) is 23.9. The summed E-state index contributed by atoms with van der Waals surface area (Å²) in [6.07, 6.45) is 1.36. The van der Waals surface area contributed by atoms with Crippen LogP contribution in [0.1, 0.15) is 15.9 Å². The molecular weight excluding hydrogens is 516 g/mol. The molecule has 0 spiro atoms. The number of non-ortho nitro benzene ring substituents is 1. The second-order valence-corrected chi connectivity index (χ2v) is 7.82. The summed E-state index contributed by atoms with van der Waals surface area (Å²) in [4.78, 5) is 34.5. The van der Waals surface area contributed by atoms with E-state index in [1.165, 1.54) is 30.5 Å².